The lowest BCUT2D eigenvalue weighted by molar-refractivity contribution is 0.0597. The van der Waals surface area contributed by atoms with E-state index in [0.717, 1.165) is 36.2 Å². The first-order valence-electron chi connectivity index (χ1n) is 8.75. The number of para-hydroxylation sites is 1. The molecular weight excluding hydrogens is 369 g/mol. The number of hydrazine groups is 1. The fourth-order valence-electron chi connectivity index (χ4n) is 3.28. The average molecular weight is 392 g/mol. The number of hydrogen-bond donors (Lipinski definition) is 2. The minimum atomic E-state index is -0.579. The predicted octanol–water partition coefficient (Wildman–Crippen LogP) is 5.67. The highest BCUT2D eigenvalue weighted by molar-refractivity contribution is 6.30. The van der Waals surface area contributed by atoms with Gasteiger partial charge in [0.05, 0.1) is 16.9 Å². The molecule has 2 aromatic carbocycles. The number of unbranched alkanes of at least 4 members (excludes halogenated alkanes) is 1. The summed E-state index contributed by atoms with van der Waals surface area (Å²) in [4.78, 5) is 13.3. The van der Waals surface area contributed by atoms with Crippen LogP contribution in [0.15, 0.2) is 42.5 Å². The molecule has 0 bridgehead atoms. The van der Waals surface area contributed by atoms with Crippen LogP contribution < -0.4 is 10.7 Å². The van der Waals surface area contributed by atoms with Crippen molar-refractivity contribution in [1.29, 1.82) is 0 Å². The predicted molar refractivity (Wildman–Crippen MR) is 109 cm³/mol. The van der Waals surface area contributed by atoms with Gasteiger partial charge in [-0.15, -0.1) is 11.6 Å². The van der Waals surface area contributed by atoms with Crippen molar-refractivity contribution in [1.82, 2.24) is 5.01 Å². The van der Waals surface area contributed by atoms with Crippen molar-refractivity contribution in [2.24, 2.45) is 0 Å². The number of anilines is 2. The van der Waals surface area contributed by atoms with Crippen LogP contribution in [-0.2, 0) is 0 Å². The molecule has 1 atom stereocenters. The first-order valence-corrected chi connectivity index (χ1v) is 9.66. The van der Waals surface area contributed by atoms with Crippen LogP contribution in [0.25, 0.3) is 0 Å². The zero-order valence-corrected chi connectivity index (χ0v) is 16.5. The van der Waals surface area contributed by atoms with Gasteiger partial charge >= 0.3 is 0 Å². The number of nitrogens with zero attached hydrogens (tertiary/aromatic N) is 1. The third-order valence-corrected chi connectivity index (χ3v) is 5.21. The summed E-state index contributed by atoms with van der Waals surface area (Å²) in [5, 5.41) is 5.88. The van der Waals surface area contributed by atoms with E-state index in [9.17, 15) is 4.79 Å². The highest BCUT2D eigenvalue weighted by Crippen LogP contribution is 2.36. The van der Waals surface area contributed by atoms with E-state index in [4.69, 9.17) is 23.2 Å². The summed E-state index contributed by atoms with van der Waals surface area (Å²) < 4.78 is 0. The number of fused-ring (bicyclic) bond motifs is 1. The smallest absolute Gasteiger partial charge is 0.276 e. The summed E-state index contributed by atoms with van der Waals surface area (Å²) >= 11 is 12.0. The maximum Gasteiger partial charge on any atom is 0.276 e. The molecule has 0 fully saturated rings. The second-order valence-electron chi connectivity index (χ2n) is 6.81. The van der Waals surface area contributed by atoms with Gasteiger partial charge in [-0.05, 0) is 62.9 Å². The third-order valence-electron chi connectivity index (χ3n) is 4.71. The van der Waals surface area contributed by atoms with Gasteiger partial charge in [0.2, 0.25) is 0 Å². The van der Waals surface area contributed by atoms with E-state index in [0.29, 0.717) is 16.5 Å². The molecule has 2 N–H and O–H groups in total. The van der Waals surface area contributed by atoms with Crippen molar-refractivity contribution < 1.29 is 4.79 Å². The number of aryl methyl sites for hydroxylation is 1. The second-order valence-corrected chi connectivity index (χ2v) is 7.62. The number of carbonyl (C=O) groups is 1. The molecule has 0 saturated carbocycles. The van der Waals surface area contributed by atoms with Gasteiger partial charge in [-0.1, -0.05) is 29.8 Å². The molecule has 4 nitrogen and oxygen atoms in total. The Bertz CT molecular complexity index is 811. The summed E-state index contributed by atoms with van der Waals surface area (Å²) in [5.74, 6) is 0.553. The topological polar surface area (TPSA) is 44.4 Å². The summed E-state index contributed by atoms with van der Waals surface area (Å²) in [6, 6.07) is 13.1. The maximum atomic E-state index is 13.3. The molecule has 3 rings (SSSR count). The molecule has 0 saturated heterocycles. The Hall–Kier alpha value is -1.91. The maximum absolute atomic E-state index is 13.3. The Balaban J connectivity index is 1.98. The Morgan fingerprint density at radius 3 is 2.69 bits per heavy atom. The lowest BCUT2D eigenvalue weighted by Crippen LogP contribution is -2.60. The van der Waals surface area contributed by atoms with Gasteiger partial charge in [-0.25, -0.2) is 5.01 Å². The zero-order valence-electron chi connectivity index (χ0n) is 15.0. The summed E-state index contributed by atoms with van der Waals surface area (Å²) in [5.41, 5.74) is 6.06. The van der Waals surface area contributed by atoms with Crippen molar-refractivity contribution in [3.63, 3.8) is 0 Å². The molecule has 1 aliphatic heterocycles. The van der Waals surface area contributed by atoms with Crippen molar-refractivity contribution in [2.45, 2.75) is 38.8 Å². The summed E-state index contributed by atoms with van der Waals surface area (Å²) in [7, 11) is 0. The van der Waals surface area contributed by atoms with Crippen LogP contribution in [0, 0.1) is 6.92 Å². The van der Waals surface area contributed by atoms with Crippen LogP contribution in [0.1, 0.15) is 42.1 Å². The van der Waals surface area contributed by atoms with Gasteiger partial charge in [-0.3, -0.25) is 10.2 Å². The number of nitrogens with one attached hydrogen (secondary N) is 2. The normalized spacial score (nSPS) is 19.1. The summed E-state index contributed by atoms with van der Waals surface area (Å²) in [6.07, 6.45) is 2.58. The van der Waals surface area contributed by atoms with E-state index in [2.05, 4.69) is 10.7 Å². The van der Waals surface area contributed by atoms with Gasteiger partial charge in [-0.2, -0.15) is 0 Å². The monoisotopic (exact) mass is 391 g/mol. The van der Waals surface area contributed by atoms with E-state index in [1.54, 1.807) is 17.1 Å². The molecule has 1 unspecified atom stereocenters. The zero-order chi connectivity index (χ0) is 18.7. The molecule has 0 spiro atoms. The first kappa shape index (κ1) is 18.9. The number of hydrogen-bond acceptors (Lipinski definition) is 3. The van der Waals surface area contributed by atoms with Crippen molar-refractivity contribution in [3.05, 3.63) is 58.6 Å². The van der Waals surface area contributed by atoms with E-state index < -0.39 is 5.66 Å². The van der Waals surface area contributed by atoms with Crippen LogP contribution >= 0.6 is 23.2 Å². The molecule has 1 amide bonds. The van der Waals surface area contributed by atoms with Gasteiger partial charge in [0.15, 0.2) is 0 Å². The SMILES string of the molecule is Cc1cccc2c1NC(C)(CCCCCl)N(Nc1cccc(Cl)c1)C2=O. The molecule has 0 aliphatic carbocycles. The van der Waals surface area contributed by atoms with Gasteiger partial charge in [0, 0.05) is 10.9 Å². The van der Waals surface area contributed by atoms with Gasteiger partial charge < -0.3 is 5.32 Å². The average Bonchev–Trinajstić information content (AvgIpc) is 2.60. The number of alkyl halides is 1. The second kappa shape index (κ2) is 7.77. The Labute approximate surface area is 164 Å². The van der Waals surface area contributed by atoms with Gasteiger partial charge in [0.25, 0.3) is 5.91 Å². The van der Waals surface area contributed by atoms with Crippen LogP contribution in [0.4, 0.5) is 11.4 Å². The largest absolute Gasteiger partial charge is 0.361 e. The van der Waals surface area contributed by atoms with Crippen LogP contribution in [0.2, 0.25) is 5.02 Å². The molecule has 0 radical (unpaired) electrons. The number of carbonyl (C=O) groups excluding carboxylic acids is 1. The lowest BCUT2D eigenvalue weighted by Gasteiger charge is -2.47. The molecule has 0 aromatic heterocycles. The molecule has 1 heterocycles. The van der Waals surface area contributed by atoms with E-state index >= 15 is 0 Å². The third kappa shape index (κ3) is 3.76. The van der Waals surface area contributed by atoms with Crippen LogP contribution in [0.5, 0.6) is 0 Å². The fourth-order valence-corrected chi connectivity index (χ4v) is 3.66. The van der Waals surface area contributed by atoms with E-state index in [1.165, 1.54) is 0 Å². The molecular formula is C20H23Cl2N3O. The minimum absolute atomic E-state index is 0.0594. The fraction of sp³-hybridized carbons (Fsp3) is 0.350. The lowest BCUT2D eigenvalue weighted by atomic mass is 9.95. The molecule has 26 heavy (non-hydrogen) atoms. The first-order chi connectivity index (χ1) is 12.4. The highest BCUT2D eigenvalue weighted by Gasteiger charge is 2.41. The van der Waals surface area contributed by atoms with E-state index in [-0.39, 0.29) is 5.91 Å². The number of benzene rings is 2. The van der Waals surface area contributed by atoms with Crippen molar-refractivity contribution >= 4 is 40.5 Å². The quantitative estimate of drug-likeness (QED) is 0.492. The van der Waals surface area contributed by atoms with Gasteiger partial charge in [0.1, 0.15) is 5.66 Å². The number of amides is 1. The van der Waals surface area contributed by atoms with Crippen LogP contribution in [-0.4, -0.2) is 22.5 Å². The Kier molecular flexibility index (Phi) is 5.64. The minimum Gasteiger partial charge on any atom is -0.361 e. The molecule has 2 aromatic rings. The van der Waals surface area contributed by atoms with Crippen molar-refractivity contribution in [2.75, 3.05) is 16.6 Å². The molecule has 1 aliphatic rings. The van der Waals surface area contributed by atoms with Crippen molar-refractivity contribution in [3.8, 4) is 0 Å². The number of halogens is 2. The highest BCUT2D eigenvalue weighted by atomic mass is 35.5. The molecule has 138 valence electrons. The molecule has 6 heteroatoms. The van der Waals surface area contributed by atoms with E-state index in [1.807, 2.05) is 44.2 Å². The Morgan fingerprint density at radius 2 is 1.96 bits per heavy atom. The van der Waals surface area contributed by atoms with Crippen LogP contribution in [0.3, 0.4) is 0 Å². The summed E-state index contributed by atoms with van der Waals surface area (Å²) in [6.45, 7) is 4.05. The Morgan fingerprint density at radius 1 is 1.19 bits per heavy atom. The standard InChI is InChI=1S/C20H23Cl2N3O/c1-14-7-5-10-17-18(14)23-20(2,11-3-4-12-21)25(19(17)26)24-16-9-6-8-15(22)13-16/h5-10,13,23-24H,3-4,11-12H2,1-2H3. The number of rotatable bonds is 6.